The number of carbonyl (C=O) groups excluding carboxylic acids is 3. The second-order valence-corrected chi connectivity index (χ2v) is 4.97. The summed E-state index contributed by atoms with van der Waals surface area (Å²) in [6, 6.07) is 6.08. The van der Waals surface area contributed by atoms with Gasteiger partial charge >= 0.3 is 5.97 Å². The number of nitrogens with one attached hydrogen (secondary N) is 2. The standard InChI is InChI=1S/C15H21N3O4.ClH/c1-9(10(2)16)14(20)18-12-6-4-11(5-7-12)15(21)17-8-13(19)22-3;/h4-7,9-10H,8,16H2,1-3H3,(H,17,21)(H,18,20);1H. The summed E-state index contributed by atoms with van der Waals surface area (Å²) in [6.45, 7) is 3.31. The van der Waals surface area contributed by atoms with Crippen molar-refractivity contribution in [2.45, 2.75) is 19.9 Å². The molecule has 0 radical (unpaired) electrons. The summed E-state index contributed by atoms with van der Waals surface area (Å²) < 4.78 is 4.43. The van der Waals surface area contributed by atoms with Crippen LogP contribution < -0.4 is 16.4 Å². The normalized spacial score (nSPS) is 12.3. The molecule has 0 heterocycles. The predicted octanol–water partition coefficient (Wildman–Crippen LogP) is 0.933. The molecule has 0 bridgehead atoms. The Bertz CT molecular complexity index is 546. The first-order valence-corrected chi connectivity index (χ1v) is 6.86. The fourth-order valence-electron chi connectivity index (χ4n) is 1.53. The largest absolute Gasteiger partial charge is 0.468 e. The Hall–Kier alpha value is -2.12. The van der Waals surface area contributed by atoms with Crippen LogP contribution in [0, 0.1) is 5.92 Å². The summed E-state index contributed by atoms with van der Waals surface area (Å²) in [5.41, 5.74) is 6.62. The van der Waals surface area contributed by atoms with E-state index in [1.807, 2.05) is 0 Å². The predicted molar refractivity (Wildman–Crippen MR) is 89.5 cm³/mol. The zero-order valence-electron chi connectivity index (χ0n) is 13.3. The Morgan fingerprint density at radius 3 is 2.22 bits per heavy atom. The zero-order valence-corrected chi connectivity index (χ0v) is 14.1. The Labute approximate surface area is 141 Å². The number of halogens is 1. The van der Waals surface area contributed by atoms with Gasteiger partial charge in [0.2, 0.25) is 5.91 Å². The van der Waals surface area contributed by atoms with Gasteiger partial charge in [-0.2, -0.15) is 0 Å². The molecule has 0 saturated heterocycles. The van der Waals surface area contributed by atoms with Crippen molar-refractivity contribution in [3.05, 3.63) is 29.8 Å². The molecular formula is C15H22ClN3O4. The topological polar surface area (TPSA) is 111 Å². The second-order valence-electron chi connectivity index (χ2n) is 4.97. The van der Waals surface area contributed by atoms with Crippen LogP contribution in [-0.4, -0.2) is 37.5 Å². The molecule has 4 N–H and O–H groups in total. The van der Waals surface area contributed by atoms with Crippen molar-refractivity contribution in [1.82, 2.24) is 5.32 Å². The van der Waals surface area contributed by atoms with E-state index in [4.69, 9.17) is 5.73 Å². The van der Waals surface area contributed by atoms with E-state index in [2.05, 4.69) is 15.4 Å². The molecule has 0 aromatic heterocycles. The number of rotatable bonds is 6. The lowest BCUT2D eigenvalue weighted by atomic mass is 10.0. The maximum atomic E-state index is 11.9. The number of carbonyl (C=O) groups is 3. The Morgan fingerprint density at radius 1 is 1.17 bits per heavy atom. The minimum Gasteiger partial charge on any atom is -0.468 e. The van der Waals surface area contributed by atoms with Crippen LogP contribution in [0.4, 0.5) is 5.69 Å². The molecule has 1 aromatic rings. The van der Waals surface area contributed by atoms with Crippen molar-refractivity contribution in [1.29, 1.82) is 0 Å². The number of esters is 1. The van der Waals surface area contributed by atoms with Gasteiger partial charge in [0, 0.05) is 17.3 Å². The molecule has 0 aliphatic rings. The molecule has 2 unspecified atom stereocenters. The molecule has 0 aliphatic heterocycles. The monoisotopic (exact) mass is 343 g/mol. The van der Waals surface area contributed by atoms with Gasteiger partial charge in [-0.1, -0.05) is 6.92 Å². The smallest absolute Gasteiger partial charge is 0.325 e. The van der Waals surface area contributed by atoms with Crippen molar-refractivity contribution in [2.24, 2.45) is 11.7 Å². The number of benzene rings is 1. The summed E-state index contributed by atoms with van der Waals surface area (Å²) in [4.78, 5) is 34.6. The number of methoxy groups -OCH3 is 1. The molecule has 2 atom stereocenters. The van der Waals surface area contributed by atoms with Crippen LogP contribution in [0.5, 0.6) is 0 Å². The SMILES string of the molecule is COC(=O)CNC(=O)c1ccc(NC(=O)C(C)C(C)N)cc1.Cl. The lowest BCUT2D eigenvalue weighted by Gasteiger charge is -2.15. The minimum atomic E-state index is -0.526. The molecule has 0 aliphatic carbocycles. The summed E-state index contributed by atoms with van der Waals surface area (Å²) in [6.07, 6.45) is 0. The highest BCUT2D eigenvalue weighted by atomic mass is 35.5. The summed E-state index contributed by atoms with van der Waals surface area (Å²) in [7, 11) is 1.25. The molecule has 23 heavy (non-hydrogen) atoms. The first-order chi connectivity index (χ1) is 10.3. The van der Waals surface area contributed by atoms with Crippen molar-refractivity contribution >= 4 is 35.9 Å². The fourth-order valence-corrected chi connectivity index (χ4v) is 1.53. The summed E-state index contributed by atoms with van der Waals surface area (Å²) in [5, 5.41) is 5.15. The van der Waals surface area contributed by atoms with Crippen molar-refractivity contribution in [3.8, 4) is 0 Å². The molecule has 1 aromatic carbocycles. The van der Waals surface area contributed by atoms with Crippen LogP contribution in [-0.2, 0) is 14.3 Å². The van der Waals surface area contributed by atoms with Gasteiger partial charge in [-0.3, -0.25) is 14.4 Å². The van der Waals surface area contributed by atoms with Crippen LogP contribution >= 0.6 is 12.4 Å². The van der Waals surface area contributed by atoms with E-state index in [1.165, 1.54) is 7.11 Å². The van der Waals surface area contributed by atoms with Crippen molar-refractivity contribution in [2.75, 3.05) is 19.0 Å². The average molecular weight is 344 g/mol. The van der Waals surface area contributed by atoms with E-state index in [-0.39, 0.29) is 36.8 Å². The molecule has 128 valence electrons. The van der Waals surface area contributed by atoms with Crippen LogP contribution in [0.15, 0.2) is 24.3 Å². The fraction of sp³-hybridized carbons (Fsp3) is 0.400. The van der Waals surface area contributed by atoms with Crippen LogP contribution in [0.1, 0.15) is 24.2 Å². The van der Waals surface area contributed by atoms with Gasteiger partial charge in [-0.15, -0.1) is 12.4 Å². The highest BCUT2D eigenvalue weighted by molar-refractivity contribution is 5.97. The lowest BCUT2D eigenvalue weighted by molar-refractivity contribution is -0.139. The highest BCUT2D eigenvalue weighted by Crippen LogP contribution is 2.12. The number of nitrogens with two attached hydrogens (primary N) is 1. The Balaban J connectivity index is 0.00000484. The average Bonchev–Trinajstić information content (AvgIpc) is 2.51. The maximum absolute atomic E-state index is 11.9. The number of hydrogen-bond acceptors (Lipinski definition) is 5. The third-order valence-electron chi connectivity index (χ3n) is 3.24. The first-order valence-electron chi connectivity index (χ1n) is 6.86. The molecule has 2 amide bonds. The number of anilines is 1. The first kappa shape index (κ1) is 20.9. The van der Waals surface area contributed by atoms with Crippen LogP contribution in [0.3, 0.4) is 0 Å². The van der Waals surface area contributed by atoms with Crippen molar-refractivity contribution < 1.29 is 19.1 Å². The van der Waals surface area contributed by atoms with Gasteiger partial charge in [0.1, 0.15) is 6.54 Å². The van der Waals surface area contributed by atoms with Gasteiger partial charge in [0.25, 0.3) is 5.91 Å². The lowest BCUT2D eigenvalue weighted by Crippen LogP contribution is -2.34. The third-order valence-corrected chi connectivity index (χ3v) is 3.24. The Kier molecular flexibility index (Phi) is 8.90. The maximum Gasteiger partial charge on any atom is 0.325 e. The van der Waals surface area contributed by atoms with Gasteiger partial charge in [0.05, 0.1) is 13.0 Å². The molecule has 7 nitrogen and oxygen atoms in total. The third kappa shape index (κ3) is 6.66. The number of ether oxygens (including phenoxy) is 1. The van der Waals surface area contributed by atoms with Crippen LogP contribution in [0.25, 0.3) is 0 Å². The van der Waals surface area contributed by atoms with Crippen molar-refractivity contribution in [3.63, 3.8) is 0 Å². The van der Waals surface area contributed by atoms with E-state index in [0.29, 0.717) is 11.3 Å². The minimum absolute atomic E-state index is 0. The summed E-state index contributed by atoms with van der Waals surface area (Å²) >= 11 is 0. The number of hydrogen-bond donors (Lipinski definition) is 3. The molecule has 0 saturated carbocycles. The second kappa shape index (κ2) is 9.81. The Morgan fingerprint density at radius 2 is 1.74 bits per heavy atom. The summed E-state index contributed by atoms with van der Waals surface area (Å²) in [5.74, 6) is -1.42. The molecule has 1 rings (SSSR count). The molecular weight excluding hydrogens is 322 g/mol. The van der Waals surface area contributed by atoms with Crippen LogP contribution in [0.2, 0.25) is 0 Å². The van der Waals surface area contributed by atoms with E-state index in [0.717, 1.165) is 0 Å². The molecule has 8 heteroatoms. The van der Waals surface area contributed by atoms with Gasteiger partial charge in [0.15, 0.2) is 0 Å². The quantitative estimate of drug-likeness (QED) is 0.665. The van der Waals surface area contributed by atoms with E-state index in [1.54, 1.807) is 38.1 Å². The molecule has 0 fully saturated rings. The van der Waals surface area contributed by atoms with Gasteiger partial charge in [-0.05, 0) is 31.2 Å². The molecule has 0 spiro atoms. The van der Waals surface area contributed by atoms with Gasteiger partial charge < -0.3 is 21.1 Å². The van der Waals surface area contributed by atoms with E-state index >= 15 is 0 Å². The van der Waals surface area contributed by atoms with E-state index in [9.17, 15) is 14.4 Å². The zero-order chi connectivity index (χ0) is 16.7. The van der Waals surface area contributed by atoms with Gasteiger partial charge in [-0.25, -0.2) is 0 Å². The van der Waals surface area contributed by atoms with E-state index < -0.39 is 11.9 Å². The highest BCUT2D eigenvalue weighted by Gasteiger charge is 2.17. The number of amides is 2.